The minimum Gasteiger partial charge on any atom is -0.307 e. The molecule has 7 heteroatoms. The lowest BCUT2D eigenvalue weighted by atomic mass is 10.2. The van der Waals surface area contributed by atoms with Gasteiger partial charge >= 0.3 is 6.03 Å². The Morgan fingerprint density at radius 1 is 1.40 bits per heavy atom. The van der Waals surface area contributed by atoms with E-state index in [0.29, 0.717) is 16.7 Å². The first kappa shape index (κ1) is 14.3. The van der Waals surface area contributed by atoms with Crippen molar-refractivity contribution in [3.63, 3.8) is 0 Å². The van der Waals surface area contributed by atoms with Gasteiger partial charge in [0, 0.05) is 30.7 Å². The highest BCUT2D eigenvalue weighted by molar-refractivity contribution is 6.29. The third-order valence-corrected chi connectivity index (χ3v) is 3.11. The highest BCUT2D eigenvalue weighted by Crippen LogP contribution is 2.18. The number of carbonyl (C=O) groups is 1. The molecule has 106 valence electrons. The lowest BCUT2D eigenvalue weighted by molar-refractivity contribution is 0.262. The van der Waals surface area contributed by atoms with Crippen LogP contribution in [0.15, 0.2) is 18.3 Å². The van der Waals surface area contributed by atoms with Crippen LogP contribution >= 0.6 is 11.6 Å². The summed E-state index contributed by atoms with van der Waals surface area (Å²) < 4.78 is 1.74. The van der Waals surface area contributed by atoms with Gasteiger partial charge in [0.25, 0.3) is 0 Å². The zero-order valence-corrected chi connectivity index (χ0v) is 12.3. The molecule has 0 aliphatic rings. The van der Waals surface area contributed by atoms with Crippen LogP contribution in [0.5, 0.6) is 0 Å². The van der Waals surface area contributed by atoms with Crippen molar-refractivity contribution in [3.05, 3.63) is 34.7 Å². The highest BCUT2D eigenvalue weighted by atomic mass is 35.5. The Kier molecular flexibility index (Phi) is 4.24. The second-order valence-corrected chi connectivity index (χ2v) is 4.79. The smallest absolute Gasteiger partial charge is 0.307 e. The fraction of sp³-hybridized carbons (Fsp3) is 0.308. The summed E-state index contributed by atoms with van der Waals surface area (Å²) in [6.45, 7) is 3.87. The Morgan fingerprint density at radius 3 is 2.80 bits per heavy atom. The van der Waals surface area contributed by atoms with E-state index in [4.69, 9.17) is 11.6 Å². The van der Waals surface area contributed by atoms with Gasteiger partial charge < -0.3 is 5.32 Å². The van der Waals surface area contributed by atoms with Crippen LogP contribution in [0.3, 0.4) is 0 Å². The van der Waals surface area contributed by atoms with E-state index < -0.39 is 0 Å². The van der Waals surface area contributed by atoms with E-state index in [9.17, 15) is 4.79 Å². The quantitative estimate of drug-likeness (QED) is 0.855. The Morgan fingerprint density at radius 2 is 2.15 bits per heavy atom. The Hall–Kier alpha value is -2.08. The van der Waals surface area contributed by atoms with E-state index >= 15 is 0 Å². The minimum absolute atomic E-state index is 0.331. The van der Waals surface area contributed by atoms with Gasteiger partial charge in [-0.15, -0.1) is 0 Å². The van der Waals surface area contributed by atoms with Crippen molar-refractivity contribution in [3.8, 4) is 0 Å². The van der Waals surface area contributed by atoms with Crippen molar-refractivity contribution in [1.82, 2.24) is 14.8 Å². The molecule has 0 fully saturated rings. The molecule has 0 radical (unpaired) electrons. The van der Waals surface area contributed by atoms with Crippen molar-refractivity contribution in [2.24, 2.45) is 7.05 Å². The third kappa shape index (κ3) is 3.27. The summed E-state index contributed by atoms with van der Waals surface area (Å²) in [4.78, 5) is 15.9. The molecule has 20 heavy (non-hydrogen) atoms. The number of nitrogens with zero attached hydrogens (tertiary/aromatic N) is 3. The zero-order valence-electron chi connectivity index (χ0n) is 11.6. The minimum atomic E-state index is -0.365. The number of aromatic nitrogens is 3. The van der Waals surface area contributed by atoms with Gasteiger partial charge in [0.2, 0.25) is 0 Å². The van der Waals surface area contributed by atoms with Crippen molar-refractivity contribution in [2.45, 2.75) is 20.3 Å². The molecule has 0 aliphatic carbocycles. The molecule has 6 nitrogen and oxygen atoms in total. The predicted octanol–water partition coefficient (Wildman–Crippen LogP) is 2.98. The molecule has 2 rings (SSSR count). The molecule has 2 amide bonds. The van der Waals surface area contributed by atoms with Crippen LogP contribution in [-0.4, -0.2) is 20.8 Å². The summed E-state index contributed by atoms with van der Waals surface area (Å²) in [5.41, 5.74) is 2.50. The fourth-order valence-corrected chi connectivity index (χ4v) is 1.96. The lowest BCUT2D eigenvalue weighted by Gasteiger charge is -2.08. The molecule has 0 saturated heterocycles. The largest absolute Gasteiger partial charge is 0.324 e. The molecule has 0 bridgehead atoms. The maximum absolute atomic E-state index is 11.9. The van der Waals surface area contributed by atoms with Crippen molar-refractivity contribution in [1.29, 1.82) is 0 Å². The topological polar surface area (TPSA) is 71.8 Å². The first-order chi connectivity index (χ1) is 9.49. The van der Waals surface area contributed by atoms with E-state index in [-0.39, 0.29) is 6.03 Å². The van der Waals surface area contributed by atoms with Crippen LogP contribution in [0, 0.1) is 6.92 Å². The number of hydrogen-bond acceptors (Lipinski definition) is 3. The molecule has 2 heterocycles. The molecular formula is C13H16ClN5O. The number of carbonyl (C=O) groups excluding carboxylic acids is 1. The van der Waals surface area contributed by atoms with Gasteiger partial charge in [-0.25, -0.2) is 9.78 Å². The molecule has 0 aliphatic heterocycles. The van der Waals surface area contributed by atoms with E-state index in [1.165, 1.54) is 0 Å². The molecule has 0 spiro atoms. The van der Waals surface area contributed by atoms with E-state index in [0.717, 1.165) is 17.7 Å². The number of amides is 2. The third-order valence-electron chi connectivity index (χ3n) is 2.90. The van der Waals surface area contributed by atoms with E-state index in [1.807, 2.05) is 27.0 Å². The van der Waals surface area contributed by atoms with Crippen LogP contribution < -0.4 is 10.6 Å². The molecule has 2 aromatic rings. The maximum atomic E-state index is 11.9. The van der Waals surface area contributed by atoms with Gasteiger partial charge in [0.05, 0.1) is 0 Å². The molecule has 0 unspecified atom stereocenters. The van der Waals surface area contributed by atoms with Gasteiger partial charge in [0.1, 0.15) is 5.15 Å². The van der Waals surface area contributed by atoms with Crippen LogP contribution in [0.4, 0.5) is 16.3 Å². The number of pyridine rings is 1. The standard InChI is InChI=1S/C13H16ClN5O/c1-4-9-5-12(18-19(9)3)17-13(20)16-10-6-11(14)15-7-8(10)2/h5-7H,4H2,1-3H3,(H2,15,16,17,18,20). The average molecular weight is 294 g/mol. The average Bonchev–Trinajstić information content (AvgIpc) is 2.73. The second kappa shape index (κ2) is 5.92. The van der Waals surface area contributed by atoms with Crippen LogP contribution in [0.25, 0.3) is 0 Å². The van der Waals surface area contributed by atoms with E-state index in [2.05, 4.69) is 20.7 Å². The summed E-state index contributed by atoms with van der Waals surface area (Å²) in [6.07, 6.45) is 2.46. The van der Waals surface area contributed by atoms with Crippen molar-refractivity contribution < 1.29 is 4.79 Å². The van der Waals surface area contributed by atoms with Crippen molar-refractivity contribution >= 4 is 29.1 Å². The highest BCUT2D eigenvalue weighted by Gasteiger charge is 2.09. The first-order valence-electron chi connectivity index (χ1n) is 6.22. The molecular weight excluding hydrogens is 278 g/mol. The number of hydrogen-bond donors (Lipinski definition) is 2. The second-order valence-electron chi connectivity index (χ2n) is 4.40. The number of nitrogens with one attached hydrogen (secondary N) is 2. The number of urea groups is 1. The number of halogens is 1. The molecule has 0 atom stereocenters. The number of rotatable bonds is 3. The van der Waals surface area contributed by atoms with Crippen LogP contribution in [0.1, 0.15) is 18.2 Å². The molecule has 2 N–H and O–H groups in total. The van der Waals surface area contributed by atoms with E-state index in [1.54, 1.807) is 16.9 Å². The molecule has 0 saturated carbocycles. The Bertz CT molecular complexity index is 638. The number of anilines is 2. The van der Waals surface area contributed by atoms with Gasteiger partial charge in [-0.05, 0) is 25.0 Å². The van der Waals surface area contributed by atoms with Gasteiger partial charge in [-0.2, -0.15) is 5.10 Å². The van der Waals surface area contributed by atoms with Crippen LogP contribution in [0.2, 0.25) is 5.15 Å². The van der Waals surface area contributed by atoms with Gasteiger partial charge in [0.15, 0.2) is 5.82 Å². The first-order valence-corrected chi connectivity index (χ1v) is 6.60. The normalized spacial score (nSPS) is 10.4. The monoisotopic (exact) mass is 293 g/mol. The number of aryl methyl sites for hydroxylation is 3. The summed E-state index contributed by atoms with van der Waals surface area (Å²) >= 11 is 5.80. The zero-order chi connectivity index (χ0) is 14.7. The van der Waals surface area contributed by atoms with Gasteiger partial charge in [-0.1, -0.05) is 18.5 Å². The van der Waals surface area contributed by atoms with Crippen LogP contribution in [-0.2, 0) is 13.5 Å². The Labute approximate surface area is 122 Å². The predicted molar refractivity (Wildman–Crippen MR) is 79.2 cm³/mol. The van der Waals surface area contributed by atoms with Gasteiger partial charge in [-0.3, -0.25) is 10.00 Å². The summed E-state index contributed by atoms with van der Waals surface area (Å²) in [5, 5.41) is 9.95. The summed E-state index contributed by atoms with van der Waals surface area (Å²) in [6, 6.07) is 3.08. The lowest BCUT2D eigenvalue weighted by Crippen LogP contribution is -2.20. The Balaban J connectivity index is 2.06. The SMILES string of the molecule is CCc1cc(NC(=O)Nc2cc(Cl)ncc2C)nn1C. The summed E-state index contributed by atoms with van der Waals surface area (Å²) in [5.74, 6) is 0.514. The maximum Gasteiger partial charge on any atom is 0.324 e. The summed E-state index contributed by atoms with van der Waals surface area (Å²) in [7, 11) is 1.84. The molecule has 2 aromatic heterocycles. The molecule has 0 aromatic carbocycles. The fourth-order valence-electron chi connectivity index (χ4n) is 1.80. The van der Waals surface area contributed by atoms with Crippen molar-refractivity contribution in [2.75, 3.05) is 10.6 Å².